The van der Waals surface area contributed by atoms with Crippen molar-refractivity contribution < 1.29 is 14.6 Å². The van der Waals surface area contributed by atoms with Crippen LogP contribution in [0.4, 0.5) is 0 Å². The Kier molecular flexibility index (Phi) is 2.97. The highest BCUT2D eigenvalue weighted by Crippen LogP contribution is 2.55. The van der Waals surface area contributed by atoms with E-state index in [2.05, 4.69) is 15.4 Å². The van der Waals surface area contributed by atoms with Crippen LogP contribution < -0.4 is 10.0 Å². The first kappa shape index (κ1) is 14.8. The monoisotopic (exact) mass is 341 g/mol. The van der Waals surface area contributed by atoms with Crippen molar-refractivity contribution in [3.63, 3.8) is 0 Å². The second-order valence-corrected chi connectivity index (χ2v) is 7.43. The molecule has 2 atom stereocenters. The van der Waals surface area contributed by atoms with Gasteiger partial charge in [-0.1, -0.05) is 0 Å². The van der Waals surface area contributed by atoms with E-state index in [0.29, 0.717) is 28.1 Å². The van der Waals surface area contributed by atoms with Crippen molar-refractivity contribution in [1.29, 1.82) is 0 Å². The normalized spacial score (nSPS) is 25.0. The fraction of sp³-hybridized carbons (Fsp3) is 0.529. The molecule has 3 aliphatic carbocycles. The summed E-state index contributed by atoms with van der Waals surface area (Å²) < 4.78 is 2.36. The third-order valence-electron chi connectivity index (χ3n) is 5.69. The van der Waals surface area contributed by atoms with Gasteiger partial charge < -0.3 is 15.6 Å². The molecule has 5 rings (SSSR count). The molecule has 8 heteroatoms. The van der Waals surface area contributed by atoms with Crippen LogP contribution >= 0.6 is 0 Å². The number of carbonyl (C=O) groups excluding carboxylic acids is 1. The lowest BCUT2D eigenvalue weighted by Crippen LogP contribution is -2.40. The Morgan fingerprint density at radius 1 is 1.52 bits per heavy atom. The second kappa shape index (κ2) is 5.01. The van der Waals surface area contributed by atoms with Gasteiger partial charge in [0.1, 0.15) is 0 Å². The lowest BCUT2D eigenvalue weighted by atomic mass is 9.95. The molecule has 1 amide bonds. The van der Waals surface area contributed by atoms with Gasteiger partial charge in [0, 0.05) is 11.5 Å². The van der Waals surface area contributed by atoms with Crippen molar-refractivity contribution in [2.24, 2.45) is 5.92 Å². The van der Waals surface area contributed by atoms with Crippen LogP contribution in [0.2, 0.25) is 0 Å². The number of hydrogen-bond donors (Lipinski definition) is 2. The summed E-state index contributed by atoms with van der Waals surface area (Å²) >= 11 is 0. The highest BCUT2D eigenvalue weighted by molar-refractivity contribution is 5.95. The van der Waals surface area contributed by atoms with Gasteiger partial charge in [0.15, 0.2) is 11.9 Å². The topological polar surface area (TPSA) is 107 Å². The highest BCUT2D eigenvalue weighted by atomic mass is 16.5. The number of nitrogens with zero attached hydrogens (tertiary/aromatic N) is 4. The standard InChI is InChI=1S/C17H19N5O3/c23-9-17(3-4-17)19-16(24)14-11-2-1-10-7-12(10)15(11)22(20-14)13-8-21(25)6-5-18-13/h5-6,8,10,12,23H,1-4,7,9H2,(H,19,24)/t10-,12+/m0/s1. The van der Waals surface area contributed by atoms with Crippen LogP contribution in [-0.4, -0.2) is 37.9 Å². The molecule has 25 heavy (non-hydrogen) atoms. The Morgan fingerprint density at radius 3 is 3.08 bits per heavy atom. The second-order valence-electron chi connectivity index (χ2n) is 7.43. The minimum atomic E-state index is -0.479. The minimum Gasteiger partial charge on any atom is -0.619 e. The maximum Gasteiger partial charge on any atom is 0.272 e. The van der Waals surface area contributed by atoms with Gasteiger partial charge in [-0.3, -0.25) is 4.79 Å². The smallest absolute Gasteiger partial charge is 0.272 e. The quantitative estimate of drug-likeness (QED) is 0.610. The number of carbonyl (C=O) groups is 1. The Morgan fingerprint density at radius 2 is 2.36 bits per heavy atom. The first-order valence-corrected chi connectivity index (χ1v) is 8.70. The van der Waals surface area contributed by atoms with Crippen molar-refractivity contribution in [1.82, 2.24) is 20.1 Å². The van der Waals surface area contributed by atoms with E-state index in [1.54, 1.807) is 4.68 Å². The summed E-state index contributed by atoms with van der Waals surface area (Å²) in [7, 11) is 0. The molecular weight excluding hydrogens is 322 g/mol. The maximum atomic E-state index is 12.8. The molecule has 2 fully saturated rings. The van der Waals surface area contributed by atoms with Gasteiger partial charge in [-0.25, -0.2) is 9.67 Å². The van der Waals surface area contributed by atoms with Crippen LogP contribution in [0, 0.1) is 11.1 Å². The summed E-state index contributed by atoms with van der Waals surface area (Å²) in [5.41, 5.74) is 1.92. The summed E-state index contributed by atoms with van der Waals surface area (Å²) in [5.74, 6) is 1.23. The molecule has 130 valence electrons. The highest BCUT2D eigenvalue weighted by Gasteiger charge is 2.48. The number of nitrogens with one attached hydrogen (secondary N) is 1. The molecule has 8 nitrogen and oxygen atoms in total. The number of aromatic nitrogens is 4. The van der Waals surface area contributed by atoms with Gasteiger partial charge in [0.25, 0.3) is 5.91 Å². The third-order valence-corrected chi connectivity index (χ3v) is 5.69. The number of amides is 1. The van der Waals surface area contributed by atoms with E-state index in [1.807, 2.05) is 0 Å². The molecule has 0 aromatic carbocycles. The van der Waals surface area contributed by atoms with Crippen LogP contribution in [0.15, 0.2) is 18.6 Å². The summed E-state index contributed by atoms with van der Waals surface area (Å²) in [5, 5.41) is 28.6. The number of aliphatic hydroxyl groups is 1. The zero-order valence-electron chi connectivity index (χ0n) is 13.7. The minimum absolute atomic E-state index is 0.0528. The van der Waals surface area contributed by atoms with Gasteiger partial charge in [-0.15, -0.1) is 0 Å². The first-order valence-electron chi connectivity index (χ1n) is 8.70. The van der Waals surface area contributed by atoms with Crippen LogP contribution in [0.3, 0.4) is 0 Å². The number of rotatable bonds is 4. The zero-order valence-corrected chi connectivity index (χ0v) is 13.7. The van der Waals surface area contributed by atoms with Crippen molar-refractivity contribution in [2.45, 2.75) is 43.6 Å². The number of hydrogen-bond acceptors (Lipinski definition) is 5. The first-order chi connectivity index (χ1) is 12.1. The average Bonchev–Trinajstić information content (AvgIpc) is 3.52. The third kappa shape index (κ3) is 2.31. The van der Waals surface area contributed by atoms with Crippen LogP contribution in [-0.2, 0) is 6.42 Å². The Hall–Kier alpha value is -2.48. The van der Waals surface area contributed by atoms with E-state index in [9.17, 15) is 15.1 Å². The van der Waals surface area contributed by atoms with Gasteiger partial charge in [0.05, 0.1) is 24.0 Å². The van der Waals surface area contributed by atoms with E-state index in [1.165, 1.54) is 18.6 Å². The van der Waals surface area contributed by atoms with E-state index >= 15 is 0 Å². The van der Waals surface area contributed by atoms with Crippen LogP contribution in [0.5, 0.6) is 0 Å². The zero-order chi connectivity index (χ0) is 17.2. The summed E-state index contributed by atoms with van der Waals surface area (Å²) in [4.78, 5) is 17.0. The lowest BCUT2D eigenvalue weighted by molar-refractivity contribution is -0.605. The van der Waals surface area contributed by atoms with Crippen LogP contribution in [0.1, 0.15) is 53.3 Å². The molecule has 0 aliphatic heterocycles. The van der Waals surface area contributed by atoms with Crippen LogP contribution in [0.25, 0.3) is 5.82 Å². The Bertz CT molecular complexity index is 873. The molecule has 2 aromatic heterocycles. The number of aliphatic hydroxyl groups excluding tert-OH is 1. The lowest BCUT2D eigenvalue weighted by Gasteiger charge is -2.15. The molecule has 2 heterocycles. The van der Waals surface area contributed by atoms with E-state index in [4.69, 9.17) is 0 Å². The average molecular weight is 341 g/mol. The van der Waals surface area contributed by atoms with E-state index in [0.717, 1.165) is 43.4 Å². The van der Waals surface area contributed by atoms with E-state index in [-0.39, 0.29) is 12.5 Å². The van der Waals surface area contributed by atoms with Gasteiger partial charge in [0.2, 0.25) is 12.0 Å². The van der Waals surface area contributed by atoms with Crippen molar-refractivity contribution in [2.75, 3.05) is 6.61 Å². The summed E-state index contributed by atoms with van der Waals surface area (Å²) in [6.45, 7) is -0.0528. The molecule has 3 aliphatic rings. The van der Waals surface area contributed by atoms with Gasteiger partial charge >= 0.3 is 0 Å². The fourth-order valence-electron chi connectivity index (χ4n) is 3.93. The largest absolute Gasteiger partial charge is 0.619 e. The predicted octanol–water partition coefficient (Wildman–Crippen LogP) is 0.205. The Balaban J connectivity index is 1.58. The predicted molar refractivity (Wildman–Crippen MR) is 86.0 cm³/mol. The molecule has 0 unspecified atom stereocenters. The molecule has 0 radical (unpaired) electrons. The van der Waals surface area contributed by atoms with Gasteiger partial charge in [-0.05, 0) is 38.0 Å². The van der Waals surface area contributed by atoms with E-state index < -0.39 is 5.54 Å². The molecule has 0 bridgehead atoms. The molecule has 2 aromatic rings. The Labute approximate surface area is 144 Å². The molecule has 2 N–H and O–H groups in total. The SMILES string of the molecule is O=C(NC1(CO)CC1)c1nn(-c2c[n+]([O-])ccn2)c2c1CC[C@H]1C[C@@H]21. The molecule has 0 saturated heterocycles. The maximum absolute atomic E-state index is 12.8. The molecular formula is C17H19N5O3. The van der Waals surface area contributed by atoms with Crippen molar-refractivity contribution in [3.05, 3.63) is 40.7 Å². The van der Waals surface area contributed by atoms with Crippen molar-refractivity contribution in [3.8, 4) is 5.82 Å². The summed E-state index contributed by atoms with van der Waals surface area (Å²) in [6, 6.07) is 0. The molecule has 2 saturated carbocycles. The van der Waals surface area contributed by atoms with Crippen molar-refractivity contribution >= 4 is 5.91 Å². The number of fused-ring (bicyclic) bond motifs is 3. The van der Waals surface area contributed by atoms with Gasteiger partial charge in [-0.2, -0.15) is 9.83 Å². The molecule has 0 spiro atoms. The fourth-order valence-corrected chi connectivity index (χ4v) is 3.93. The summed E-state index contributed by atoms with van der Waals surface area (Å²) in [6.07, 6.45) is 8.70.